The Morgan fingerprint density at radius 2 is 2.06 bits per heavy atom. The van der Waals surface area contributed by atoms with E-state index in [4.69, 9.17) is 9.72 Å². The lowest BCUT2D eigenvalue weighted by atomic mass is 10.1. The van der Waals surface area contributed by atoms with Crippen LogP contribution < -0.4 is 5.32 Å². The number of hydrogen-bond acceptors (Lipinski definition) is 7. The second-order valence-electron chi connectivity index (χ2n) is 8.64. The fourth-order valence-corrected chi connectivity index (χ4v) is 5.56. The van der Waals surface area contributed by atoms with Gasteiger partial charge < -0.3 is 10.1 Å². The van der Waals surface area contributed by atoms with E-state index in [1.807, 2.05) is 44.2 Å². The van der Waals surface area contributed by atoms with E-state index in [2.05, 4.69) is 16.5 Å². The normalized spacial score (nSPS) is 12.5. The van der Waals surface area contributed by atoms with Gasteiger partial charge in [0.2, 0.25) is 0 Å². The van der Waals surface area contributed by atoms with Gasteiger partial charge in [0.05, 0.1) is 28.4 Å². The van der Waals surface area contributed by atoms with Crippen molar-refractivity contribution in [1.82, 2.24) is 14.8 Å². The lowest BCUT2D eigenvalue weighted by molar-refractivity contribution is -0.119. The maximum atomic E-state index is 13.1. The summed E-state index contributed by atoms with van der Waals surface area (Å²) in [5.74, 6) is -1.12. The number of aromatic nitrogens is 3. The molecule has 1 amide bonds. The van der Waals surface area contributed by atoms with Crippen molar-refractivity contribution in [1.29, 1.82) is 5.26 Å². The summed E-state index contributed by atoms with van der Waals surface area (Å²) in [5, 5.41) is 17.7. The maximum absolute atomic E-state index is 13.1. The number of fused-ring (bicyclic) bond motifs is 2. The molecule has 0 saturated heterocycles. The van der Waals surface area contributed by atoms with Crippen LogP contribution in [0.1, 0.15) is 52.7 Å². The molecule has 0 aliphatic heterocycles. The molecule has 0 fully saturated rings. The van der Waals surface area contributed by atoms with Gasteiger partial charge in [-0.25, -0.2) is 14.5 Å². The van der Waals surface area contributed by atoms with Crippen LogP contribution in [0.25, 0.3) is 22.3 Å². The first-order valence-corrected chi connectivity index (χ1v) is 12.2. The quantitative estimate of drug-likeness (QED) is 0.389. The fourth-order valence-electron chi connectivity index (χ4n) is 4.30. The fraction of sp³-hybridized carbons (Fsp3) is 0.269. The lowest BCUT2D eigenvalue weighted by Gasteiger charge is -2.11. The topological polar surface area (TPSA) is 110 Å². The summed E-state index contributed by atoms with van der Waals surface area (Å²) in [5.41, 5.74) is 3.88. The Labute approximate surface area is 206 Å². The molecule has 0 bridgehead atoms. The molecule has 0 spiro atoms. The molecule has 8 nitrogen and oxygen atoms in total. The van der Waals surface area contributed by atoms with Crippen LogP contribution >= 0.6 is 11.3 Å². The van der Waals surface area contributed by atoms with Gasteiger partial charge in [0, 0.05) is 16.5 Å². The Bertz CT molecular complexity index is 1480. The summed E-state index contributed by atoms with van der Waals surface area (Å²) in [6, 6.07) is 13.5. The molecule has 1 aliphatic carbocycles. The molecule has 0 radical (unpaired) electrons. The van der Waals surface area contributed by atoms with Crippen molar-refractivity contribution < 1.29 is 14.3 Å². The minimum absolute atomic E-state index is 0.0439. The van der Waals surface area contributed by atoms with E-state index in [-0.39, 0.29) is 6.04 Å². The van der Waals surface area contributed by atoms with E-state index < -0.39 is 18.5 Å². The number of rotatable bonds is 6. The largest absolute Gasteiger partial charge is 0.452 e. The molecule has 3 aromatic heterocycles. The van der Waals surface area contributed by atoms with Crippen molar-refractivity contribution in [3.05, 3.63) is 64.2 Å². The number of carbonyl (C=O) groups excluding carboxylic acids is 2. The maximum Gasteiger partial charge on any atom is 0.339 e. The van der Waals surface area contributed by atoms with E-state index in [0.717, 1.165) is 35.3 Å². The number of hydrogen-bond donors (Lipinski definition) is 1. The molecular formula is C26H23N5O3S. The van der Waals surface area contributed by atoms with Gasteiger partial charge in [0.25, 0.3) is 5.91 Å². The molecule has 1 aromatic carbocycles. The number of benzene rings is 1. The zero-order chi connectivity index (χ0) is 24.5. The highest BCUT2D eigenvalue weighted by molar-refractivity contribution is 7.16. The molecule has 176 valence electrons. The van der Waals surface area contributed by atoms with Gasteiger partial charge in [-0.15, -0.1) is 11.3 Å². The van der Waals surface area contributed by atoms with Crippen LogP contribution in [0.2, 0.25) is 0 Å². The lowest BCUT2D eigenvalue weighted by Crippen LogP contribution is -2.21. The molecule has 35 heavy (non-hydrogen) atoms. The Hall–Kier alpha value is -4.03. The average Bonchev–Trinajstić information content (AvgIpc) is 3.57. The minimum Gasteiger partial charge on any atom is -0.452 e. The van der Waals surface area contributed by atoms with Crippen LogP contribution in [0.5, 0.6) is 0 Å². The summed E-state index contributed by atoms with van der Waals surface area (Å²) in [4.78, 5) is 31.6. The number of nitrogens with one attached hydrogen (secondary N) is 1. The highest BCUT2D eigenvalue weighted by atomic mass is 32.1. The number of nitriles is 1. The van der Waals surface area contributed by atoms with Gasteiger partial charge >= 0.3 is 5.97 Å². The number of amides is 1. The Kier molecular flexibility index (Phi) is 6.05. The zero-order valence-electron chi connectivity index (χ0n) is 19.4. The van der Waals surface area contributed by atoms with Crippen molar-refractivity contribution in [2.24, 2.45) is 0 Å². The monoisotopic (exact) mass is 485 g/mol. The van der Waals surface area contributed by atoms with E-state index in [1.54, 1.807) is 16.9 Å². The highest BCUT2D eigenvalue weighted by Gasteiger charge is 2.24. The van der Waals surface area contributed by atoms with Gasteiger partial charge in [-0.3, -0.25) is 4.79 Å². The molecular weight excluding hydrogens is 462 g/mol. The van der Waals surface area contributed by atoms with Gasteiger partial charge in [-0.1, -0.05) is 30.3 Å². The van der Waals surface area contributed by atoms with Crippen LogP contribution in [0.15, 0.2) is 42.6 Å². The van der Waals surface area contributed by atoms with E-state index >= 15 is 0 Å². The van der Waals surface area contributed by atoms with Gasteiger partial charge in [0.1, 0.15) is 11.1 Å². The number of nitrogens with zero attached hydrogens (tertiary/aromatic N) is 4. The Balaban J connectivity index is 1.39. The average molecular weight is 486 g/mol. The first kappa shape index (κ1) is 22.7. The molecule has 9 heteroatoms. The number of ether oxygens (including phenoxy) is 1. The van der Waals surface area contributed by atoms with Crippen LogP contribution in [0.4, 0.5) is 5.00 Å². The molecule has 1 N–H and O–H groups in total. The number of pyridine rings is 1. The number of thiophene rings is 1. The van der Waals surface area contributed by atoms with E-state index in [1.165, 1.54) is 11.3 Å². The summed E-state index contributed by atoms with van der Waals surface area (Å²) in [6.45, 7) is 3.51. The van der Waals surface area contributed by atoms with Crippen molar-refractivity contribution in [2.45, 2.75) is 39.2 Å². The number of aryl methyl sites for hydroxylation is 1. The SMILES string of the molecule is CC(C)n1ncc2c(C(=O)OCC(=O)Nc3sc4c(c3C#N)CCC4)cc(-c3ccccc3)nc21. The third-order valence-corrected chi connectivity index (χ3v) is 7.17. The molecule has 0 saturated carbocycles. The number of anilines is 1. The molecule has 0 unspecified atom stereocenters. The van der Waals surface area contributed by atoms with Crippen molar-refractivity contribution >= 4 is 39.2 Å². The van der Waals surface area contributed by atoms with E-state index in [0.29, 0.717) is 32.9 Å². The van der Waals surface area contributed by atoms with Crippen LogP contribution in [0.3, 0.4) is 0 Å². The predicted molar refractivity (Wildman–Crippen MR) is 133 cm³/mol. The molecule has 0 atom stereocenters. The second kappa shape index (κ2) is 9.31. The summed E-state index contributed by atoms with van der Waals surface area (Å²) in [7, 11) is 0. The first-order valence-electron chi connectivity index (χ1n) is 11.4. The summed E-state index contributed by atoms with van der Waals surface area (Å²) >= 11 is 1.42. The third-order valence-electron chi connectivity index (χ3n) is 5.97. The Morgan fingerprint density at radius 3 is 2.80 bits per heavy atom. The predicted octanol–water partition coefficient (Wildman–Crippen LogP) is 4.90. The highest BCUT2D eigenvalue weighted by Crippen LogP contribution is 2.38. The van der Waals surface area contributed by atoms with Crippen molar-refractivity contribution in [3.63, 3.8) is 0 Å². The zero-order valence-corrected chi connectivity index (χ0v) is 20.2. The smallest absolute Gasteiger partial charge is 0.339 e. The first-order chi connectivity index (χ1) is 17.0. The number of carbonyl (C=O) groups is 2. The molecule has 1 aliphatic rings. The molecule has 4 aromatic rings. The minimum atomic E-state index is -0.637. The van der Waals surface area contributed by atoms with Gasteiger partial charge in [-0.05, 0) is 44.7 Å². The Morgan fingerprint density at radius 1 is 1.26 bits per heavy atom. The molecule has 5 rings (SSSR count). The summed E-state index contributed by atoms with van der Waals surface area (Å²) < 4.78 is 7.14. The van der Waals surface area contributed by atoms with Crippen molar-refractivity contribution in [2.75, 3.05) is 11.9 Å². The van der Waals surface area contributed by atoms with Crippen LogP contribution in [-0.4, -0.2) is 33.2 Å². The van der Waals surface area contributed by atoms with Crippen LogP contribution in [0, 0.1) is 11.3 Å². The number of esters is 1. The van der Waals surface area contributed by atoms with Gasteiger partial charge in [-0.2, -0.15) is 10.4 Å². The van der Waals surface area contributed by atoms with Crippen LogP contribution in [-0.2, 0) is 22.4 Å². The van der Waals surface area contributed by atoms with Crippen molar-refractivity contribution in [3.8, 4) is 17.3 Å². The molecule has 3 heterocycles. The summed E-state index contributed by atoms with van der Waals surface area (Å²) in [6.07, 6.45) is 4.40. The third kappa shape index (κ3) is 4.29. The standard InChI is InChI=1S/C26H23N5O3S/c1-15(2)31-24-20(13-28-31)18(11-21(29-24)16-7-4-3-5-8-16)26(33)34-14-23(32)30-25-19(12-27)17-9-6-10-22(17)35-25/h3-5,7-8,11,13,15H,6,9-10,14H2,1-2H3,(H,30,32). The van der Waals surface area contributed by atoms with E-state index in [9.17, 15) is 14.9 Å². The van der Waals surface area contributed by atoms with Gasteiger partial charge in [0.15, 0.2) is 12.3 Å². The second-order valence-corrected chi connectivity index (χ2v) is 9.74.